The first-order valence-electron chi connectivity index (χ1n) is 8.53. The summed E-state index contributed by atoms with van der Waals surface area (Å²) in [4.78, 5) is 12.5. The molecular weight excluding hydrogens is 302 g/mol. The number of aryl methyl sites for hydroxylation is 2. The van der Waals surface area contributed by atoms with Crippen molar-refractivity contribution < 1.29 is 14.3 Å². The molecule has 2 aliphatic rings. The molecule has 0 bridgehead atoms. The van der Waals surface area contributed by atoms with Gasteiger partial charge in [-0.3, -0.25) is 4.79 Å². The van der Waals surface area contributed by atoms with Crippen LogP contribution in [0.15, 0.2) is 36.4 Å². The summed E-state index contributed by atoms with van der Waals surface area (Å²) in [7, 11) is 0. The van der Waals surface area contributed by atoms with Gasteiger partial charge >= 0.3 is 0 Å². The van der Waals surface area contributed by atoms with Crippen LogP contribution in [-0.2, 0) is 12.8 Å². The van der Waals surface area contributed by atoms with E-state index in [1.807, 2.05) is 6.92 Å². The third-order valence-corrected chi connectivity index (χ3v) is 4.85. The standard InChI is InChI=1S/C20H21NO3/c1-13(15-7-6-14-4-2-3-5-16(14)10-15)21-20(22)17-8-9-18-19(11-17)24-12-23-18/h6-11,13H,2-5,12H2,1H3,(H,21,22). The van der Waals surface area contributed by atoms with Gasteiger partial charge in [0.1, 0.15) is 0 Å². The molecule has 1 unspecified atom stereocenters. The topological polar surface area (TPSA) is 47.6 Å². The fraction of sp³-hybridized carbons (Fsp3) is 0.350. The predicted octanol–water partition coefficient (Wildman–Crippen LogP) is 3.79. The number of fused-ring (bicyclic) bond motifs is 2. The van der Waals surface area contributed by atoms with E-state index in [-0.39, 0.29) is 18.7 Å². The molecule has 0 spiro atoms. The van der Waals surface area contributed by atoms with Crippen molar-refractivity contribution in [1.29, 1.82) is 0 Å². The van der Waals surface area contributed by atoms with Gasteiger partial charge in [0, 0.05) is 5.56 Å². The number of carbonyl (C=O) groups is 1. The maximum Gasteiger partial charge on any atom is 0.251 e. The van der Waals surface area contributed by atoms with Crippen LogP contribution in [0.5, 0.6) is 11.5 Å². The predicted molar refractivity (Wildman–Crippen MR) is 91.5 cm³/mol. The highest BCUT2D eigenvalue weighted by molar-refractivity contribution is 5.95. The molecule has 1 aliphatic heterocycles. The maximum absolute atomic E-state index is 12.5. The molecule has 0 fully saturated rings. The van der Waals surface area contributed by atoms with E-state index in [0.717, 1.165) is 12.0 Å². The van der Waals surface area contributed by atoms with E-state index in [2.05, 4.69) is 23.5 Å². The Hall–Kier alpha value is -2.49. The Morgan fingerprint density at radius 2 is 1.79 bits per heavy atom. The lowest BCUT2D eigenvalue weighted by atomic mass is 9.89. The van der Waals surface area contributed by atoms with E-state index in [0.29, 0.717) is 17.1 Å². The zero-order chi connectivity index (χ0) is 16.5. The number of nitrogens with one attached hydrogen (secondary N) is 1. The molecule has 2 aromatic rings. The largest absolute Gasteiger partial charge is 0.454 e. The molecular formula is C20H21NO3. The summed E-state index contributed by atoms with van der Waals surface area (Å²) >= 11 is 0. The SMILES string of the molecule is CC(NC(=O)c1ccc2c(c1)OCO2)c1ccc2c(c1)CCCC2. The Morgan fingerprint density at radius 1 is 1.00 bits per heavy atom. The monoisotopic (exact) mass is 323 g/mol. The molecule has 1 heterocycles. The first-order chi connectivity index (χ1) is 11.7. The second kappa shape index (κ2) is 6.19. The second-order valence-electron chi connectivity index (χ2n) is 6.50. The Kier molecular flexibility index (Phi) is 3.89. The minimum atomic E-state index is -0.0986. The van der Waals surface area contributed by atoms with Gasteiger partial charge in [-0.05, 0) is 67.5 Å². The van der Waals surface area contributed by atoms with Crippen LogP contribution < -0.4 is 14.8 Å². The molecule has 0 aromatic heterocycles. The highest BCUT2D eigenvalue weighted by Gasteiger charge is 2.18. The van der Waals surface area contributed by atoms with E-state index in [1.54, 1.807) is 18.2 Å². The van der Waals surface area contributed by atoms with Crippen molar-refractivity contribution in [3.05, 3.63) is 58.7 Å². The fourth-order valence-electron chi connectivity index (χ4n) is 3.42. The minimum absolute atomic E-state index is 0.0323. The van der Waals surface area contributed by atoms with Gasteiger partial charge in [-0.15, -0.1) is 0 Å². The van der Waals surface area contributed by atoms with Crippen LogP contribution in [0.2, 0.25) is 0 Å². The average Bonchev–Trinajstić information content (AvgIpc) is 3.08. The number of hydrogen-bond acceptors (Lipinski definition) is 3. The molecule has 2 aromatic carbocycles. The molecule has 0 saturated heterocycles. The third-order valence-electron chi connectivity index (χ3n) is 4.85. The molecule has 4 nitrogen and oxygen atoms in total. The van der Waals surface area contributed by atoms with Gasteiger partial charge in [0.15, 0.2) is 11.5 Å². The maximum atomic E-state index is 12.5. The average molecular weight is 323 g/mol. The van der Waals surface area contributed by atoms with Crippen LogP contribution >= 0.6 is 0 Å². The van der Waals surface area contributed by atoms with Gasteiger partial charge in [-0.2, -0.15) is 0 Å². The van der Waals surface area contributed by atoms with E-state index >= 15 is 0 Å². The third kappa shape index (κ3) is 2.84. The zero-order valence-corrected chi connectivity index (χ0v) is 13.8. The minimum Gasteiger partial charge on any atom is -0.454 e. The van der Waals surface area contributed by atoms with Crippen molar-refractivity contribution >= 4 is 5.91 Å². The number of amides is 1. The van der Waals surface area contributed by atoms with Crippen LogP contribution in [0.3, 0.4) is 0 Å². The van der Waals surface area contributed by atoms with Gasteiger partial charge < -0.3 is 14.8 Å². The molecule has 0 saturated carbocycles. The summed E-state index contributed by atoms with van der Waals surface area (Å²) < 4.78 is 10.6. The molecule has 124 valence electrons. The first kappa shape index (κ1) is 15.1. The van der Waals surface area contributed by atoms with Crippen LogP contribution in [0.4, 0.5) is 0 Å². The Balaban J connectivity index is 1.49. The zero-order valence-electron chi connectivity index (χ0n) is 13.8. The Labute approximate surface area is 141 Å². The van der Waals surface area contributed by atoms with Crippen LogP contribution in [0.1, 0.15) is 52.9 Å². The summed E-state index contributed by atoms with van der Waals surface area (Å²) in [6.45, 7) is 2.24. The number of hydrogen-bond donors (Lipinski definition) is 1. The van der Waals surface area contributed by atoms with Crippen molar-refractivity contribution in [3.8, 4) is 11.5 Å². The van der Waals surface area contributed by atoms with Gasteiger partial charge in [-0.25, -0.2) is 0 Å². The highest BCUT2D eigenvalue weighted by Crippen LogP contribution is 2.32. The van der Waals surface area contributed by atoms with E-state index < -0.39 is 0 Å². The van der Waals surface area contributed by atoms with Crippen LogP contribution in [0, 0.1) is 0 Å². The molecule has 4 rings (SSSR count). The van der Waals surface area contributed by atoms with E-state index in [9.17, 15) is 4.79 Å². The van der Waals surface area contributed by atoms with Crippen molar-refractivity contribution in [2.24, 2.45) is 0 Å². The number of ether oxygens (including phenoxy) is 2. The lowest BCUT2D eigenvalue weighted by Gasteiger charge is -2.20. The molecule has 1 aliphatic carbocycles. The van der Waals surface area contributed by atoms with E-state index in [4.69, 9.17) is 9.47 Å². The summed E-state index contributed by atoms with van der Waals surface area (Å²) in [5.74, 6) is 1.22. The molecule has 1 atom stereocenters. The number of benzene rings is 2. The lowest BCUT2D eigenvalue weighted by Crippen LogP contribution is -2.26. The quantitative estimate of drug-likeness (QED) is 0.935. The summed E-state index contributed by atoms with van der Waals surface area (Å²) in [5.41, 5.74) is 4.64. The molecule has 24 heavy (non-hydrogen) atoms. The van der Waals surface area contributed by atoms with Crippen LogP contribution in [0.25, 0.3) is 0 Å². The van der Waals surface area contributed by atoms with E-state index in [1.165, 1.54) is 30.4 Å². The normalized spacial score (nSPS) is 16.4. The molecule has 1 N–H and O–H groups in total. The second-order valence-corrected chi connectivity index (χ2v) is 6.50. The highest BCUT2D eigenvalue weighted by atomic mass is 16.7. The molecule has 4 heteroatoms. The van der Waals surface area contributed by atoms with Gasteiger partial charge in [0.2, 0.25) is 6.79 Å². The van der Waals surface area contributed by atoms with Gasteiger partial charge in [-0.1, -0.05) is 18.2 Å². The summed E-state index contributed by atoms with van der Waals surface area (Å²) in [6.07, 6.45) is 4.86. The molecule has 0 radical (unpaired) electrons. The fourth-order valence-corrected chi connectivity index (χ4v) is 3.42. The summed E-state index contributed by atoms with van der Waals surface area (Å²) in [5, 5.41) is 3.08. The Bertz CT molecular complexity index is 784. The van der Waals surface area contributed by atoms with Gasteiger partial charge in [0.25, 0.3) is 5.91 Å². The lowest BCUT2D eigenvalue weighted by molar-refractivity contribution is 0.0939. The number of carbonyl (C=O) groups excluding carboxylic acids is 1. The van der Waals surface area contributed by atoms with Crippen molar-refractivity contribution in [3.63, 3.8) is 0 Å². The Morgan fingerprint density at radius 3 is 2.67 bits per heavy atom. The van der Waals surface area contributed by atoms with Crippen molar-refractivity contribution in [1.82, 2.24) is 5.32 Å². The summed E-state index contributed by atoms with van der Waals surface area (Å²) in [6, 6.07) is 11.8. The first-order valence-corrected chi connectivity index (χ1v) is 8.53. The number of rotatable bonds is 3. The van der Waals surface area contributed by atoms with Crippen molar-refractivity contribution in [2.75, 3.05) is 6.79 Å². The van der Waals surface area contributed by atoms with Crippen molar-refractivity contribution in [2.45, 2.75) is 38.6 Å². The smallest absolute Gasteiger partial charge is 0.251 e. The van der Waals surface area contributed by atoms with Gasteiger partial charge in [0.05, 0.1) is 6.04 Å². The molecule has 1 amide bonds. The van der Waals surface area contributed by atoms with Crippen LogP contribution in [-0.4, -0.2) is 12.7 Å².